The maximum absolute atomic E-state index is 13.9. The van der Waals surface area contributed by atoms with Crippen molar-refractivity contribution < 1.29 is 14.1 Å². The SMILES string of the molecule is Cc1ccc([N+](=O)[O-])c(NC(=O)c2cccc(C)c2F)c1. The van der Waals surface area contributed by atoms with Gasteiger partial charge >= 0.3 is 0 Å². The minimum Gasteiger partial charge on any atom is -0.316 e. The van der Waals surface area contributed by atoms with Crippen LogP contribution in [-0.2, 0) is 0 Å². The monoisotopic (exact) mass is 288 g/mol. The lowest BCUT2D eigenvalue weighted by molar-refractivity contribution is -0.383. The minimum atomic E-state index is -0.718. The summed E-state index contributed by atoms with van der Waals surface area (Å²) in [5.74, 6) is -1.35. The number of nitrogens with one attached hydrogen (secondary N) is 1. The standard InChI is InChI=1S/C15H13FN2O3/c1-9-6-7-13(18(20)21)12(8-9)17-15(19)11-5-3-4-10(2)14(11)16/h3-8H,1-2H3,(H,17,19). The van der Waals surface area contributed by atoms with Gasteiger partial charge in [-0.2, -0.15) is 0 Å². The maximum atomic E-state index is 13.9. The highest BCUT2D eigenvalue weighted by Crippen LogP contribution is 2.26. The predicted molar refractivity (Wildman–Crippen MR) is 76.9 cm³/mol. The summed E-state index contributed by atoms with van der Waals surface area (Å²) >= 11 is 0. The summed E-state index contributed by atoms with van der Waals surface area (Å²) in [4.78, 5) is 22.5. The molecule has 0 unspecified atom stereocenters. The number of carbonyl (C=O) groups excluding carboxylic acids is 1. The van der Waals surface area contributed by atoms with Crippen molar-refractivity contribution in [2.24, 2.45) is 0 Å². The molecule has 0 atom stereocenters. The number of hydrogen-bond donors (Lipinski definition) is 1. The maximum Gasteiger partial charge on any atom is 0.292 e. The summed E-state index contributed by atoms with van der Waals surface area (Å²) < 4.78 is 13.9. The molecular weight excluding hydrogens is 275 g/mol. The number of nitro groups is 1. The van der Waals surface area contributed by atoms with Gasteiger partial charge in [-0.1, -0.05) is 18.2 Å². The fraction of sp³-hybridized carbons (Fsp3) is 0.133. The highest BCUT2D eigenvalue weighted by molar-refractivity contribution is 6.05. The number of benzene rings is 2. The van der Waals surface area contributed by atoms with E-state index in [0.29, 0.717) is 5.56 Å². The fourth-order valence-corrected chi connectivity index (χ4v) is 1.92. The number of rotatable bonds is 3. The average molecular weight is 288 g/mol. The Kier molecular flexibility index (Phi) is 3.98. The number of hydrogen-bond acceptors (Lipinski definition) is 3. The number of nitro benzene ring substituents is 1. The molecule has 0 radical (unpaired) electrons. The lowest BCUT2D eigenvalue weighted by Gasteiger charge is -2.08. The highest BCUT2D eigenvalue weighted by Gasteiger charge is 2.19. The molecule has 108 valence electrons. The van der Waals surface area contributed by atoms with Crippen molar-refractivity contribution >= 4 is 17.3 Å². The first-order valence-corrected chi connectivity index (χ1v) is 6.21. The van der Waals surface area contributed by atoms with Crippen LogP contribution >= 0.6 is 0 Å². The van der Waals surface area contributed by atoms with Crippen LogP contribution in [0, 0.1) is 29.8 Å². The Labute approximate surface area is 120 Å². The number of aryl methyl sites for hydroxylation is 2. The Hall–Kier alpha value is -2.76. The minimum absolute atomic E-state index is 0.0471. The van der Waals surface area contributed by atoms with Crippen LogP contribution in [0.2, 0.25) is 0 Å². The normalized spacial score (nSPS) is 10.2. The highest BCUT2D eigenvalue weighted by atomic mass is 19.1. The van der Waals surface area contributed by atoms with E-state index in [1.807, 2.05) is 0 Å². The third-order valence-electron chi connectivity index (χ3n) is 3.03. The van der Waals surface area contributed by atoms with E-state index in [4.69, 9.17) is 0 Å². The summed E-state index contributed by atoms with van der Waals surface area (Å²) in [5, 5.41) is 13.3. The quantitative estimate of drug-likeness (QED) is 0.692. The van der Waals surface area contributed by atoms with E-state index >= 15 is 0 Å². The van der Waals surface area contributed by atoms with E-state index in [0.717, 1.165) is 5.56 Å². The van der Waals surface area contributed by atoms with Crippen LogP contribution in [0.1, 0.15) is 21.5 Å². The molecule has 2 aromatic carbocycles. The summed E-state index contributed by atoms with van der Waals surface area (Å²) in [6, 6.07) is 8.78. The van der Waals surface area contributed by atoms with Crippen molar-refractivity contribution in [1.82, 2.24) is 0 Å². The molecule has 1 N–H and O–H groups in total. The van der Waals surface area contributed by atoms with E-state index in [1.54, 1.807) is 32.0 Å². The lowest BCUT2D eigenvalue weighted by Crippen LogP contribution is -2.15. The molecule has 0 fully saturated rings. The van der Waals surface area contributed by atoms with Crippen LogP contribution in [0.4, 0.5) is 15.8 Å². The van der Waals surface area contributed by atoms with Gasteiger partial charge < -0.3 is 5.32 Å². The Morgan fingerprint density at radius 2 is 1.95 bits per heavy atom. The van der Waals surface area contributed by atoms with Crippen molar-refractivity contribution in [2.45, 2.75) is 13.8 Å². The van der Waals surface area contributed by atoms with Gasteiger partial charge in [-0.05, 0) is 37.1 Å². The van der Waals surface area contributed by atoms with E-state index in [-0.39, 0.29) is 16.9 Å². The fourth-order valence-electron chi connectivity index (χ4n) is 1.92. The van der Waals surface area contributed by atoms with Gasteiger partial charge in [0.15, 0.2) is 0 Å². The number of anilines is 1. The first-order chi connectivity index (χ1) is 9.90. The molecule has 6 heteroatoms. The van der Waals surface area contributed by atoms with Gasteiger partial charge in [0.2, 0.25) is 0 Å². The molecule has 5 nitrogen and oxygen atoms in total. The Morgan fingerprint density at radius 3 is 2.62 bits per heavy atom. The summed E-state index contributed by atoms with van der Waals surface area (Å²) in [6.45, 7) is 3.29. The zero-order valence-electron chi connectivity index (χ0n) is 11.5. The molecule has 0 bridgehead atoms. The van der Waals surface area contributed by atoms with Gasteiger partial charge in [-0.3, -0.25) is 14.9 Å². The molecule has 0 aliphatic heterocycles. The first kappa shape index (κ1) is 14.6. The molecule has 2 aromatic rings. The predicted octanol–water partition coefficient (Wildman–Crippen LogP) is 3.60. The molecule has 0 saturated heterocycles. The molecule has 0 aromatic heterocycles. The van der Waals surface area contributed by atoms with E-state index < -0.39 is 16.6 Å². The largest absolute Gasteiger partial charge is 0.316 e. The number of carbonyl (C=O) groups is 1. The van der Waals surface area contributed by atoms with Gasteiger partial charge in [0.1, 0.15) is 11.5 Å². The van der Waals surface area contributed by atoms with Crippen LogP contribution in [-0.4, -0.2) is 10.8 Å². The molecule has 0 heterocycles. The van der Waals surface area contributed by atoms with Gasteiger partial charge in [0, 0.05) is 6.07 Å². The zero-order chi connectivity index (χ0) is 15.6. The van der Waals surface area contributed by atoms with Crippen molar-refractivity contribution in [1.29, 1.82) is 0 Å². The molecule has 0 spiro atoms. The Morgan fingerprint density at radius 1 is 1.24 bits per heavy atom. The molecule has 2 rings (SSSR count). The second-order valence-electron chi connectivity index (χ2n) is 4.67. The van der Waals surface area contributed by atoms with Crippen LogP contribution < -0.4 is 5.32 Å². The Bertz CT molecular complexity index is 729. The van der Waals surface area contributed by atoms with Crippen molar-refractivity contribution in [3.8, 4) is 0 Å². The molecule has 21 heavy (non-hydrogen) atoms. The third kappa shape index (κ3) is 3.05. The number of nitrogens with zero attached hydrogens (tertiary/aromatic N) is 1. The third-order valence-corrected chi connectivity index (χ3v) is 3.03. The average Bonchev–Trinajstić information content (AvgIpc) is 2.41. The van der Waals surface area contributed by atoms with Crippen LogP contribution in [0.3, 0.4) is 0 Å². The summed E-state index contributed by atoms with van der Waals surface area (Å²) in [5.41, 5.74) is 0.751. The van der Waals surface area contributed by atoms with Gasteiger partial charge in [-0.15, -0.1) is 0 Å². The molecule has 0 aliphatic carbocycles. The van der Waals surface area contributed by atoms with Gasteiger partial charge in [-0.25, -0.2) is 4.39 Å². The smallest absolute Gasteiger partial charge is 0.292 e. The van der Waals surface area contributed by atoms with Crippen LogP contribution in [0.5, 0.6) is 0 Å². The van der Waals surface area contributed by atoms with Crippen molar-refractivity contribution in [3.63, 3.8) is 0 Å². The second-order valence-corrected chi connectivity index (χ2v) is 4.67. The Balaban J connectivity index is 2.38. The summed E-state index contributed by atoms with van der Waals surface area (Å²) in [7, 11) is 0. The topological polar surface area (TPSA) is 72.2 Å². The zero-order valence-corrected chi connectivity index (χ0v) is 11.5. The van der Waals surface area contributed by atoms with Gasteiger partial charge in [0.25, 0.3) is 11.6 Å². The first-order valence-electron chi connectivity index (χ1n) is 6.21. The second kappa shape index (κ2) is 5.70. The van der Waals surface area contributed by atoms with Crippen molar-refractivity contribution in [3.05, 3.63) is 69.0 Å². The number of halogens is 1. The lowest BCUT2D eigenvalue weighted by atomic mass is 10.1. The molecule has 0 aliphatic rings. The molecule has 1 amide bonds. The van der Waals surface area contributed by atoms with Crippen LogP contribution in [0.25, 0.3) is 0 Å². The van der Waals surface area contributed by atoms with E-state index in [9.17, 15) is 19.3 Å². The van der Waals surface area contributed by atoms with E-state index in [1.165, 1.54) is 18.2 Å². The van der Waals surface area contributed by atoms with Gasteiger partial charge in [0.05, 0.1) is 10.5 Å². The molecule has 0 saturated carbocycles. The number of amides is 1. The summed E-state index contributed by atoms with van der Waals surface area (Å²) in [6.07, 6.45) is 0. The van der Waals surface area contributed by atoms with Crippen molar-refractivity contribution in [2.75, 3.05) is 5.32 Å². The van der Waals surface area contributed by atoms with E-state index in [2.05, 4.69) is 5.32 Å². The van der Waals surface area contributed by atoms with Crippen LogP contribution in [0.15, 0.2) is 36.4 Å². The molecular formula is C15H13FN2O3.